The molecule has 138 valence electrons. The zero-order valence-corrected chi connectivity index (χ0v) is 16.1. The first-order chi connectivity index (χ1) is 13.7. The van der Waals surface area contributed by atoms with E-state index < -0.39 is 0 Å². The number of nitrogens with zero attached hydrogens (tertiary/aromatic N) is 4. The Labute approximate surface area is 165 Å². The maximum atomic E-state index is 5.99. The molecule has 0 bridgehead atoms. The lowest BCUT2D eigenvalue weighted by atomic mass is 10.1. The largest absolute Gasteiger partial charge is 0.451 e. The first-order valence-electron chi connectivity index (χ1n) is 8.88. The summed E-state index contributed by atoms with van der Waals surface area (Å²) in [7, 11) is 0. The fraction of sp³-hybridized carbons (Fsp3) is 0.143. The van der Waals surface area contributed by atoms with Crippen molar-refractivity contribution in [2.75, 3.05) is 0 Å². The number of hydrogen-bond acceptors (Lipinski definition) is 7. The van der Waals surface area contributed by atoms with Gasteiger partial charge in [-0.05, 0) is 38.1 Å². The summed E-state index contributed by atoms with van der Waals surface area (Å²) in [5.74, 6) is 1.06. The van der Waals surface area contributed by atoms with E-state index in [4.69, 9.17) is 8.83 Å². The van der Waals surface area contributed by atoms with Crippen LogP contribution in [-0.4, -0.2) is 20.2 Å². The van der Waals surface area contributed by atoms with Crippen LogP contribution in [0.4, 0.5) is 0 Å². The molecule has 1 atom stereocenters. The van der Waals surface area contributed by atoms with Gasteiger partial charge in [0.1, 0.15) is 22.5 Å². The fourth-order valence-electron chi connectivity index (χ4n) is 3.02. The number of furan rings is 1. The predicted octanol–water partition coefficient (Wildman–Crippen LogP) is 5.59. The van der Waals surface area contributed by atoms with E-state index in [0.717, 1.165) is 27.1 Å². The highest BCUT2D eigenvalue weighted by Gasteiger charge is 2.20. The summed E-state index contributed by atoms with van der Waals surface area (Å²) in [4.78, 5) is 8.80. The van der Waals surface area contributed by atoms with Gasteiger partial charge in [0.25, 0.3) is 0 Å². The third-order valence-corrected chi connectivity index (χ3v) is 5.57. The molecule has 6 nitrogen and oxygen atoms in total. The summed E-state index contributed by atoms with van der Waals surface area (Å²) in [5, 5.41) is 10.1. The lowest BCUT2D eigenvalue weighted by Crippen LogP contribution is -1.91. The molecule has 5 aromatic rings. The van der Waals surface area contributed by atoms with Crippen LogP contribution < -0.4 is 0 Å². The van der Waals surface area contributed by atoms with Gasteiger partial charge in [-0.1, -0.05) is 41.6 Å². The molecule has 0 N–H and O–H groups in total. The van der Waals surface area contributed by atoms with E-state index in [-0.39, 0.29) is 5.25 Å². The monoisotopic (exact) mass is 388 g/mol. The zero-order valence-electron chi connectivity index (χ0n) is 15.3. The Hall–Kier alpha value is -3.19. The van der Waals surface area contributed by atoms with Crippen LogP contribution in [0.15, 0.2) is 68.7 Å². The fourth-order valence-corrected chi connectivity index (χ4v) is 3.90. The molecule has 0 saturated heterocycles. The minimum atomic E-state index is -0.0852. The van der Waals surface area contributed by atoms with E-state index in [1.807, 2.05) is 62.4 Å². The molecule has 3 aromatic heterocycles. The number of thioether (sulfide) groups is 1. The Morgan fingerprint density at radius 3 is 2.61 bits per heavy atom. The maximum absolute atomic E-state index is 5.99. The second kappa shape index (κ2) is 6.76. The number of hydrogen-bond donors (Lipinski definition) is 0. The number of aromatic nitrogens is 4. The van der Waals surface area contributed by atoms with Gasteiger partial charge in [-0.15, -0.1) is 10.2 Å². The van der Waals surface area contributed by atoms with E-state index in [1.165, 1.54) is 17.3 Å². The topological polar surface area (TPSA) is 77.8 Å². The van der Waals surface area contributed by atoms with Gasteiger partial charge < -0.3 is 8.83 Å². The van der Waals surface area contributed by atoms with Crippen molar-refractivity contribution < 1.29 is 8.83 Å². The SMILES string of the molecule is Cc1ccc(-c2nnc([C@H](C)Sc3ncnc4c3oc3ccccc34)o2)cc1. The van der Waals surface area contributed by atoms with Crippen molar-refractivity contribution in [3.63, 3.8) is 0 Å². The molecule has 0 amide bonds. The summed E-state index contributed by atoms with van der Waals surface area (Å²) < 4.78 is 11.9. The lowest BCUT2D eigenvalue weighted by molar-refractivity contribution is 0.509. The summed E-state index contributed by atoms with van der Waals surface area (Å²) in [6.45, 7) is 4.05. The molecule has 0 aliphatic carbocycles. The average molecular weight is 388 g/mol. The molecule has 7 heteroatoms. The highest BCUT2D eigenvalue weighted by Crippen LogP contribution is 2.39. The van der Waals surface area contributed by atoms with Crippen molar-refractivity contribution in [2.45, 2.75) is 24.1 Å². The first kappa shape index (κ1) is 16.9. The van der Waals surface area contributed by atoms with Crippen molar-refractivity contribution in [2.24, 2.45) is 0 Å². The van der Waals surface area contributed by atoms with Gasteiger partial charge in [0.2, 0.25) is 11.8 Å². The summed E-state index contributed by atoms with van der Waals surface area (Å²) in [5.41, 5.74) is 4.38. The summed E-state index contributed by atoms with van der Waals surface area (Å²) in [6, 6.07) is 15.9. The van der Waals surface area contributed by atoms with Crippen molar-refractivity contribution in [3.8, 4) is 11.5 Å². The van der Waals surface area contributed by atoms with Crippen molar-refractivity contribution >= 4 is 33.8 Å². The van der Waals surface area contributed by atoms with Gasteiger partial charge in [0.15, 0.2) is 5.58 Å². The van der Waals surface area contributed by atoms with E-state index in [2.05, 4.69) is 20.2 Å². The molecule has 3 heterocycles. The number of aryl methyl sites for hydroxylation is 1. The second-order valence-corrected chi connectivity index (χ2v) is 7.86. The standard InChI is InChI=1S/C21H16N4O2S/c1-12-7-9-14(10-8-12)20-25-24-19(27-20)13(2)28-21-18-17(22-11-23-21)15-5-3-4-6-16(15)26-18/h3-11,13H,1-2H3/t13-/m0/s1. The molecule has 5 rings (SSSR count). The van der Waals surface area contributed by atoms with Crippen molar-refractivity contribution in [1.82, 2.24) is 20.2 Å². The molecule has 0 unspecified atom stereocenters. The Balaban J connectivity index is 1.46. The molecule has 0 aliphatic rings. The minimum Gasteiger partial charge on any atom is -0.451 e. The lowest BCUT2D eigenvalue weighted by Gasteiger charge is -2.05. The van der Waals surface area contributed by atoms with Crippen LogP contribution in [-0.2, 0) is 0 Å². The third kappa shape index (κ3) is 2.93. The van der Waals surface area contributed by atoms with Crippen LogP contribution >= 0.6 is 11.8 Å². The maximum Gasteiger partial charge on any atom is 0.247 e. The molecule has 0 radical (unpaired) electrons. The second-order valence-electron chi connectivity index (χ2n) is 6.53. The smallest absolute Gasteiger partial charge is 0.247 e. The first-order valence-corrected chi connectivity index (χ1v) is 9.76. The molecule has 2 aromatic carbocycles. The van der Waals surface area contributed by atoms with Crippen molar-refractivity contribution in [1.29, 1.82) is 0 Å². The zero-order chi connectivity index (χ0) is 19.1. The third-order valence-electron chi connectivity index (χ3n) is 4.50. The number of para-hydroxylation sites is 1. The quantitative estimate of drug-likeness (QED) is 0.293. The van der Waals surface area contributed by atoms with Crippen LogP contribution in [0.5, 0.6) is 0 Å². The van der Waals surface area contributed by atoms with Crippen LogP contribution in [0.1, 0.15) is 23.6 Å². The molecule has 0 spiro atoms. The molecule has 28 heavy (non-hydrogen) atoms. The van der Waals surface area contributed by atoms with Gasteiger partial charge in [-0.2, -0.15) is 0 Å². The minimum absolute atomic E-state index is 0.0852. The number of fused-ring (bicyclic) bond motifs is 3. The number of rotatable bonds is 4. The van der Waals surface area contributed by atoms with Crippen LogP contribution in [0.2, 0.25) is 0 Å². The molecular formula is C21H16N4O2S. The Morgan fingerprint density at radius 1 is 0.929 bits per heavy atom. The average Bonchev–Trinajstić information content (AvgIpc) is 3.34. The van der Waals surface area contributed by atoms with Crippen LogP contribution in [0, 0.1) is 6.92 Å². The van der Waals surface area contributed by atoms with Crippen LogP contribution in [0.25, 0.3) is 33.5 Å². The van der Waals surface area contributed by atoms with E-state index in [1.54, 1.807) is 6.33 Å². The number of benzene rings is 2. The Bertz CT molecular complexity index is 1280. The Morgan fingerprint density at radius 2 is 1.75 bits per heavy atom. The summed E-state index contributed by atoms with van der Waals surface area (Å²) in [6.07, 6.45) is 1.56. The van der Waals surface area contributed by atoms with Gasteiger partial charge in [-0.25, -0.2) is 9.97 Å². The van der Waals surface area contributed by atoms with Gasteiger partial charge in [-0.3, -0.25) is 0 Å². The van der Waals surface area contributed by atoms with Gasteiger partial charge in [0, 0.05) is 10.9 Å². The summed E-state index contributed by atoms with van der Waals surface area (Å²) >= 11 is 1.51. The molecule has 0 aliphatic heterocycles. The normalized spacial score (nSPS) is 12.6. The van der Waals surface area contributed by atoms with Crippen LogP contribution in [0.3, 0.4) is 0 Å². The van der Waals surface area contributed by atoms with Gasteiger partial charge >= 0.3 is 0 Å². The van der Waals surface area contributed by atoms with E-state index in [0.29, 0.717) is 17.4 Å². The highest BCUT2D eigenvalue weighted by molar-refractivity contribution is 7.99. The van der Waals surface area contributed by atoms with E-state index >= 15 is 0 Å². The molecule has 0 saturated carbocycles. The van der Waals surface area contributed by atoms with E-state index in [9.17, 15) is 0 Å². The highest BCUT2D eigenvalue weighted by atomic mass is 32.2. The van der Waals surface area contributed by atoms with Crippen molar-refractivity contribution in [3.05, 3.63) is 66.3 Å². The van der Waals surface area contributed by atoms with Gasteiger partial charge in [0.05, 0.1) is 5.25 Å². The molecule has 0 fully saturated rings. The Kier molecular flexibility index (Phi) is 4.09. The predicted molar refractivity (Wildman–Crippen MR) is 108 cm³/mol. The molecular weight excluding hydrogens is 372 g/mol.